The monoisotopic (exact) mass is 399 g/mol. The Morgan fingerprint density at radius 3 is 2.66 bits per heavy atom. The number of halogens is 1. The number of para-hydroxylation sites is 1. The minimum atomic E-state index is -0.670. The number of ether oxygens (including phenoxy) is 2. The van der Waals surface area contributed by atoms with Crippen molar-refractivity contribution in [2.45, 2.75) is 19.8 Å². The fourth-order valence-electron chi connectivity index (χ4n) is 3.35. The van der Waals surface area contributed by atoms with Crippen LogP contribution in [0.1, 0.15) is 29.3 Å². The molecule has 1 aliphatic rings. The molecule has 1 aliphatic heterocycles. The lowest BCUT2D eigenvalue weighted by atomic mass is 10.1. The van der Waals surface area contributed by atoms with Gasteiger partial charge in [-0.05, 0) is 36.2 Å². The number of carbonyl (C=O) groups is 3. The molecule has 0 spiro atoms. The number of methoxy groups -OCH3 is 1. The fourth-order valence-corrected chi connectivity index (χ4v) is 3.35. The standard InChI is InChI=1S/C22H22FNO5/c1-3-14-6-4-5-7-18(14)24-12-16(11-21(24)26)22(27)29-13-19(25)15-8-9-20(28-2)17(23)10-15/h4-10,16H,3,11-13H2,1-2H3/t16-/m0/s1. The molecule has 6 nitrogen and oxygen atoms in total. The normalized spacial score (nSPS) is 16.0. The number of esters is 1. The quantitative estimate of drug-likeness (QED) is 0.528. The lowest BCUT2D eigenvalue weighted by molar-refractivity contribution is -0.147. The van der Waals surface area contributed by atoms with Gasteiger partial charge in [0.25, 0.3) is 0 Å². The molecule has 7 heteroatoms. The van der Waals surface area contributed by atoms with Crippen molar-refractivity contribution in [2.24, 2.45) is 5.92 Å². The topological polar surface area (TPSA) is 72.9 Å². The first-order valence-electron chi connectivity index (χ1n) is 9.36. The molecule has 0 aliphatic carbocycles. The number of rotatable bonds is 7. The molecule has 1 heterocycles. The van der Waals surface area contributed by atoms with Crippen LogP contribution in [-0.2, 0) is 20.7 Å². The maximum Gasteiger partial charge on any atom is 0.311 e. The van der Waals surface area contributed by atoms with E-state index in [0.717, 1.165) is 23.7 Å². The van der Waals surface area contributed by atoms with Crippen molar-refractivity contribution in [2.75, 3.05) is 25.2 Å². The van der Waals surface area contributed by atoms with Crippen LogP contribution >= 0.6 is 0 Å². The molecule has 0 aromatic heterocycles. The number of aryl methyl sites for hydroxylation is 1. The first kappa shape index (κ1) is 20.5. The van der Waals surface area contributed by atoms with Gasteiger partial charge in [0.2, 0.25) is 5.91 Å². The van der Waals surface area contributed by atoms with Crippen LogP contribution in [-0.4, -0.2) is 37.9 Å². The molecular formula is C22H22FNO5. The molecule has 0 saturated carbocycles. The second-order valence-electron chi connectivity index (χ2n) is 6.77. The number of amides is 1. The third-order valence-corrected chi connectivity index (χ3v) is 4.94. The van der Waals surface area contributed by atoms with Crippen molar-refractivity contribution < 1.29 is 28.2 Å². The van der Waals surface area contributed by atoms with Crippen molar-refractivity contribution in [3.8, 4) is 5.75 Å². The number of anilines is 1. The fraction of sp³-hybridized carbons (Fsp3) is 0.318. The Balaban J connectivity index is 1.61. The van der Waals surface area contributed by atoms with E-state index in [2.05, 4.69) is 0 Å². The maximum absolute atomic E-state index is 13.7. The first-order valence-corrected chi connectivity index (χ1v) is 9.36. The molecule has 2 aromatic rings. The summed E-state index contributed by atoms with van der Waals surface area (Å²) in [5.74, 6) is -2.59. The molecule has 0 radical (unpaired) electrons. The summed E-state index contributed by atoms with van der Waals surface area (Å²) in [7, 11) is 1.33. The molecule has 2 aromatic carbocycles. The highest BCUT2D eigenvalue weighted by atomic mass is 19.1. The Hall–Kier alpha value is -3.22. The smallest absolute Gasteiger partial charge is 0.311 e. The summed E-state index contributed by atoms with van der Waals surface area (Å²) in [5.41, 5.74) is 1.89. The Morgan fingerprint density at radius 1 is 1.21 bits per heavy atom. The van der Waals surface area contributed by atoms with E-state index in [1.165, 1.54) is 19.2 Å². The van der Waals surface area contributed by atoms with E-state index in [0.29, 0.717) is 0 Å². The Morgan fingerprint density at radius 2 is 1.97 bits per heavy atom. The number of nitrogens with zero attached hydrogens (tertiary/aromatic N) is 1. The van der Waals surface area contributed by atoms with E-state index in [4.69, 9.17) is 9.47 Å². The highest BCUT2D eigenvalue weighted by molar-refractivity contribution is 6.01. The van der Waals surface area contributed by atoms with Crippen LogP contribution in [0, 0.1) is 11.7 Å². The van der Waals surface area contributed by atoms with Gasteiger partial charge in [-0.3, -0.25) is 14.4 Å². The second kappa shape index (κ2) is 8.86. The number of carbonyl (C=O) groups excluding carboxylic acids is 3. The van der Waals surface area contributed by atoms with Crippen LogP contribution in [0.3, 0.4) is 0 Å². The maximum atomic E-state index is 13.7. The van der Waals surface area contributed by atoms with Crippen LogP contribution in [0.5, 0.6) is 5.75 Å². The zero-order chi connectivity index (χ0) is 21.0. The minimum absolute atomic E-state index is 0.0236. The lowest BCUT2D eigenvalue weighted by Gasteiger charge is -2.19. The molecule has 1 atom stereocenters. The first-order chi connectivity index (χ1) is 13.9. The molecular weight excluding hydrogens is 377 g/mol. The van der Waals surface area contributed by atoms with Crippen molar-refractivity contribution in [3.63, 3.8) is 0 Å². The summed E-state index contributed by atoms with van der Waals surface area (Å²) < 4.78 is 23.7. The average Bonchev–Trinajstić information content (AvgIpc) is 3.13. The number of ketones is 1. The Bertz CT molecular complexity index is 943. The third kappa shape index (κ3) is 4.45. The Labute approximate surface area is 168 Å². The van der Waals surface area contributed by atoms with Gasteiger partial charge in [-0.15, -0.1) is 0 Å². The second-order valence-corrected chi connectivity index (χ2v) is 6.77. The molecule has 1 saturated heterocycles. The van der Waals surface area contributed by atoms with E-state index in [-0.39, 0.29) is 30.2 Å². The van der Waals surface area contributed by atoms with E-state index < -0.39 is 30.1 Å². The average molecular weight is 399 g/mol. The number of Topliss-reactive ketones (excluding diaryl/α,β-unsaturated/α-hetero) is 1. The predicted octanol–water partition coefficient (Wildman–Crippen LogP) is 3.18. The minimum Gasteiger partial charge on any atom is -0.494 e. The van der Waals surface area contributed by atoms with Crippen molar-refractivity contribution in [3.05, 3.63) is 59.4 Å². The van der Waals surface area contributed by atoms with Crippen LogP contribution in [0.25, 0.3) is 0 Å². The molecule has 1 fully saturated rings. The third-order valence-electron chi connectivity index (χ3n) is 4.94. The van der Waals surface area contributed by atoms with E-state index >= 15 is 0 Å². The van der Waals surface area contributed by atoms with Gasteiger partial charge in [0.05, 0.1) is 13.0 Å². The van der Waals surface area contributed by atoms with Crippen LogP contribution < -0.4 is 9.64 Å². The van der Waals surface area contributed by atoms with Gasteiger partial charge in [0.1, 0.15) is 0 Å². The van der Waals surface area contributed by atoms with Gasteiger partial charge in [0, 0.05) is 24.2 Å². The van der Waals surface area contributed by atoms with Crippen molar-refractivity contribution in [1.82, 2.24) is 0 Å². The van der Waals surface area contributed by atoms with Gasteiger partial charge in [-0.1, -0.05) is 25.1 Å². The summed E-state index contributed by atoms with van der Waals surface area (Å²) in [4.78, 5) is 38.6. The molecule has 1 amide bonds. The van der Waals surface area contributed by atoms with E-state index in [9.17, 15) is 18.8 Å². The molecule has 152 valence electrons. The van der Waals surface area contributed by atoms with Gasteiger partial charge >= 0.3 is 5.97 Å². The SMILES string of the molecule is CCc1ccccc1N1C[C@@H](C(=O)OCC(=O)c2ccc(OC)c(F)c2)CC1=O. The van der Waals surface area contributed by atoms with Gasteiger partial charge < -0.3 is 14.4 Å². The lowest BCUT2D eigenvalue weighted by Crippen LogP contribution is -2.28. The Kier molecular flexibility index (Phi) is 6.26. The van der Waals surface area contributed by atoms with Crippen molar-refractivity contribution in [1.29, 1.82) is 0 Å². The molecule has 0 unspecified atom stereocenters. The largest absolute Gasteiger partial charge is 0.494 e. The van der Waals surface area contributed by atoms with Crippen LogP contribution in [0.2, 0.25) is 0 Å². The number of hydrogen-bond donors (Lipinski definition) is 0. The van der Waals surface area contributed by atoms with Crippen molar-refractivity contribution >= 4 is 23.3 Å². The summed E-state index contributed by atoms with van der Waals surface area (Å²) in [5, 5.41) is 0. The molecule has 3 rings (SSSR count). The van der Waals surface area contributed by atoms with Crippen LogP contribution in [0.4, 0.5) is 10.1 Å². The number of benzene rings is 2. The van der Waals surface area contributed by atoms with Crippen LogP contribution in [0.15, 0.2) is 42.5 Å². The van der Waals surface area contributed by atoms with Gasteiger partial charge in [0.15, 0.2) is 24.0 Å². The summed E-state index contributed by atoms with van der Waals surface area (Å²) >= 11 is 0. The van der Waals surface area contributed by atoms with E-state index in [1.807, 2.05) is 31.2 Å². The predicted molar refractivity (Wildman–Crippen MR) is 105 cm³/mol. The highest BCUT2D eigenvalue weighted by Crippen LogP contribution is 2.29. The van der Waals surface area contributed by atoms with Gasteiger partial charge in [-0.2, -0.15) is 0 Å². The zero-order valence-corrected chi connectivity index (χ0v) is 16.3. The summed E-state index contributed by atoms with van der Waals surface area (Å²) in [6, 6.07) is 11.3. The molecule has 29 heavy (non-hydrogen) atoms. The molecule has 0 bridgehead atoms. The zero-order valence-electron chi connectivity index (χ0n) is 16.3. The summed E-state index contributed by atoms with van der Waals surface area (Å²) in [6.07, 6.45) is 0.796. The summed E-state index contributed by atoms with van der Waals surface area (Å²) in [6.45, 7) is 1.69. The highest BCUT2D eigenvalue weighted by Gasteiger charge is 2.37. The molecule has 0 N–H and O–H groups in total. The number of hydrogen-bond acceptors (Lipinski definition) is 5. The van der Waals surface area contributed by atoms with Gasteiger partial charge in [-0.25, -0.2) is 4.39 Å². The van der Waals surface area contributed by atoms with E-state index in [1.54, 1.807) is 4.90 Å².